The van der Waals surface area contributed by atoms with Crippen LogP contribution in [0.4, 0.5) is 15.8 Å². The lowest BCUT2D eigenvalue weighted by molar-refractivity contribution is -0.117. The molecule has 0 aromatic heterocycles. The fourth-order valence-corrected chi connectivity index (χ4v) is 2.79. The van der Waals surface area contributed by atoms with E-state index in [0.717, 1.165) is 23.2 Å². The third-order valence-electron chi connectivity index (χ3n) is 4.04. The van der Waals surface area contributed by atoms with Crippen molar-refractivity contribution in [2.75, 3.05) is 16.8 Å². The summed E-state index contributed by atoms with van der Waals surface area (Å²) in [6.45, 7) is 5.80. The van der Waals surface area contributed by atoms with Crippen LogP contribution in [0, 0.1) is 12.7 Å². The standard InChI is InChI=1S/C20H23FN2O2/c1-4-16-7-5-6-14(2)20(16)23(15(3)24)13-12-19(25)22-18-10-8-17(21)9-11-18/h5-11H,4,12-13H2,1-3H3,(H,22,25). The summed E-state index contributed by atoms with van der Waals surface area (Å²) in [5.74, 6) is -0.671. The van der Waals surface area contributed by atoms with Crippen LogP contribution in [0.15, 0.2) is 42.5 Å². The molecule has 0 spiro atoms. The van der Waals surface area contributed by atoms with E-state index in [1.165, 1.54) is 31.2 Å². The van der Waals surface area contributed by atoms with Crippen molar-refractivity contribution in [3.05, 3.63) is 59.4 Å². The summed E-state index contributed by atoms with van der Waals surface area (Å²) < 4.78 is 12.9. The first-order valence-electron chi connectivity index (χ1n) is 8.34. The molecule has 0 atom stereocenters. The zero-order valence-corrected chi connectivity index (χ0v) is 14.8. The molecule has 132 valence electrons. The number of halogens is 1. The Morgan fingerprint density at radius 1 is 1.12 bits per heavy atom. The molecular formula is C20H23FN2O2. The molecule has 0 radical (unpaired) electrons. The average Bonchev–Trinajstić information content (AvgIpc) is 2.58. The summed E-state index contributed by atoms with van der Waals surface area (Å²) in [4.78, 5) is 25.9. The van der Waals surface area contributed by atoms with Gasteiger partial charge in [-0.1, -0.05) is 25.1 Å². The van der Waals surface area contributed by atoms with Crippen molar-refractivity contribution < 1.29 is 14.0 Å². The number of para-hydroxylation sites is 1. The quantitative estimate of drug-likeness (QED) is 0.860. The predicted molar refractivity (Wildman–Crippen MR) is 98.2 cm³/mol. The highest BCUT2D eigenvalue weighted by atomic mass is 19.1. The normalized spacial score (nSPS) is 10.4. The molecule has 0 saturated carbocycles. The van der Waals surface area contributed by atoms with Gasteiger partial charge in [-0.25, -0.2) is 4.39 Å². The van der Waals surface area contributed by atoms with Crippen molar-refractivity contribution >= 4 is 23.2 Å². The molecule has 0 bridgehead atoms. The molecular weight excluding hydrogens is 319 g/mol. The number of carbonyl (C=O) groups excluding carboxylic acids is 2. The Kier molecular flexibility index (Phi) is 6.28. The maximum Gasteiger partial charge on any atom is 0.226 e. The summed E-state index contributed by atoms with van der Waals surface area (Å²) >= 11 is 0. The van der Waals surface area contributed by atoms with Gasteiger partial charge in [0.05, 0.1) is 0 Å². The second kappa shape index (κ2) is 8.42. The number of hydrogen-bond donors (Lipinski definition) is 1. The Balaban J connectivity index is 2.09. The number of carbonyl (C=O) groups is 2. The second-order valence-corrected chi connectivity index (χ2v) is 5.91. The predicted octanol–water partition coefficient (Wildman–Crippen LogP) is 4.08. The van der Waals surface area contributed by atoms with E-state index in [9.17, 15) is 14.0 Å². The molecule has 2 amide bonds. The molecule has 2 aromatic rings. The Bertz CT molecular complexity index is 757. The highest BCUT2D eigenvalue weighted by Crippen LogP contribution is 2.26. The van der Waals surface area contributed by atoms with Gasteiger partial charge >= 0.3 is 0 Å². The van der Waals surface area contributed by atoms with E-state index in [2.05, 4.69) is 5.32 Å². The van der Waals surface area contributed by atoms with Gasteiger partial charge in [-0.2, -0.15) is 0 Å². The highest BCUT2D eigenvalue weighted by molar-refractivity contribution is 5.95. The first-order chi connectivity index (χ1) is 11.9. The summed E-state index contributed by atoms with van der Waals surface area (Å²) in [5, 5.41) is 2.71. The zero-order valence-electron chi connectivity index (χ0n) is 14.8. The average molecular weight is 342 g/mol. The maximum atomic E-state index is 12.9. The van der Waals surface area contributed by atoms with Crippen LogP contribution in [0.5, 0.6) is 0 Å². The molecule has 0 aliphatic rings. The van der Waals surface area contributed by atoms with E-state index in [-0.39, 0.29) is 24.1 Å². The minimum atomic E-state index is -0.354. The van der Waals surface area contributed by atoms with Crippen LogP contribution in [-0.4, -0.2) is 18.4 Å². The Morgan fingerprint density at radius 2 is 1.80 bits per heavy atom. The fraction of sp³-hybridized carbons (Fsp3) is 0.300. The van der Waals surface area contributed by atoms with Gasteiger partial charge < -0.3 is 10.2 Å². The van der Waals surface area contributed by atoms with Crippen LogP contribution in [0.25, 0.3) is 0 Å². The third kappa shape index (κ3) is 4.89. The molecule has 4 nitrogen and oxygen atoms in total. The van der Waals surface area contributed by atoms with Crippen molar-refractivity contribution in [2.45, 2.75) is 33.6 Å². The number of nitrogens with one attached hydrogen (secondary N) is 1. The highest BCUT2D eigenvalue weighted by Gasteiger charge is 2.18. The van der Waals surface area contributed by atoms with Crippen LogP contribution < -0.4 is 10.2 Å². The maximum absolute atomic E-state index is 12.9. The molecule has 0 unspecified atom stereocenters. The van der Waals surface area contributed by atoms with Crippen molar-refractivity contribution in [2.24, 2.45) is 0 Å². The van der Waals surface area contributed by atoms with Gasteiger partial charge in [0.2, 0.25) is 11.8 Å². The molecule has 0 fully saturated rings. The third-order valence-corrected chi connectivity index (χ3v) is 4.04. The smallest absolute Gasteiger partial charge is 0.226 e. The lowest BCUT2D eigenvalue weighted by atomic mass is 10.0. The molecule has 0 aliphatic heterocycles. The van der Waals surface area contributed by atoms with Gasteiger partial charge in [0.1, 0.15) is 5.82 Å². The Morgan fingerprint density at radius 3 is 2.40 bits per heavy atom. The molecule has 0 aliphatic carbocycles. The first-order valence-corrected chi connectivity index (χ1v) is 8.34. The van der Waals surface area contributed by atoms with Crippen LogP contribution in [0.1, 0.15) is 31.4 Å². The van der Waals surface area contributed by atoms with Gasteiger partial charge in [0.25, 0.3) is 0 Å². The number of hydrogen-bond acceptors (Lipinski definition) is 2. The van der Waals surface area contributed by atoms with Crippen LogP contribution in [-0.2, 0) is 16.0 Å². The Labute approximate surface area is 147 Å². The number of amides is 2. The van der Waals surface area contributed by atoms with E-state index in [0.29, 0.717) is 12.2 Å². The van der Waals surface area contributed by atoms with Crippen molar-refractivity contribution in [3.63, 3.8) is 0 Å². The van der Waals surface area contributed by atoms with E-state index in [1.54, 1.807) is 4.90 Å². The van der Waals surface area contributed by atoms with Crippen molar-refractivity contribution in [1.82, 2.24) is 0 Å². The van der Waals surface area contributed by atoms with Crippen molar-refractivity contribution in [1.29, 1.82) is 0 Å². The minimum absolute atomic E-state index is 0.0985. The largest absolute Gasteiger partial charge is 0.326 e. The summed E-state index contributed by atoms with van der Waals surface area (Å²) in [5.41, 5.74) is 3.50. The van der Waals surface area contributed by atoms with Crippen LogP contribution in [0.2, 0.25) is 0 Å². The molecule has 0 saturated heterocycles. The summed E-state index contributed by atoms with van der Waals surface area (Å²) in [6, 6.07) is 11.5. The zero-order chi connectivity index (χ0) is 18.4. The summed E-state index contributed by atoms with van der Waals surface area (Å²) in [6.07, 6.45) is 0.969. The minimum Gasteiger partial charge on any atom is -0.326 e. The lowest BCUT2D eigenvalue weighted by Gasteiger charge is -2.25. The van der Waals surface area contributed by atoms with E-state index >= 15 is 0 Å². The molecule has 1 N–H and O–H groups in total. The lowest BCUT2D eigenvalue weighted by Crippen LogP contribution is -2.33. The molecule has 25 heavy (non-hydrogen) atoms. The van der Waals surface area contributed by atoms with E-state index < -0.39 is 0 Å². The number of benzene rings is 2. The molecule has 2 aromatic carbocycles. The van der Waals surface area contributed by atoms with Gasteiger partial charge in [-0.15, -0.1) is 0 Å². The fourth-order valence-electron chi connectivity index (χ4n) is 2.79. The number of anilines is 2. The molecule has 0 heterocycles. The van der Waals surface area contributed by atoms with Crippen molar-refractivity contribution in [3.8, 4) is 0 Å². The SMILES string of the molecule is CCc1cccc(C)c1N(CCC(=O)Nc1ccc(F)cc1)C(C)=O. The van der Waals surface area contributed by atoms with Gasteiger partial charge in [0.15, 0.2) is 0 Å². The van der Waals surface area contributed by atoms with Crippen LogP contribution in [0.3, 0.4) is 0 Å². The van der Waals surface area contributed by atoms with E-state index in [4.69, 9.17) is 0 Å². The van der Waals surface area contributed by atoms with E-state index in [1.807, 2.05) is 32.0 Å². The monoisotopic (exact) mass is 342 g/mol. The topological polar surface area (TPSA) is 49.4 Å². The molecule has 5 heteroatoms. The van der Waals surface area contributed by atoms with Gasteiger partial charge in [-0.3, -0.25) is 9.59 Å². The Hall–Kier alpha value is -2.69. The van der Waals surface area contributed by atoms with Crippen LogP contribution >= 0.6 is 0 Å². The molecule has 2 rings (SSSR count). The first kappa shape index (κ1) is 18.6. The number of nitrogens with zero attached hydrogens (tertiary/aromatic N) is 1. The number of rotatable bonds is 6. The van der Waals surface area contributed by atoms with Gasteiger partial charge in [-0.05, 0) is 48.7 Å². The summed E-state index contributed by atoms with van der Waals surface area (Å²) in [7, 11) is 0. The second-order valence-electron chi connectivity index (χ2n) is 5.91. The van der Waals surface area contributed by atoms with Gasteiger partial charge in [0, 0.05) is 31.3 Å². The number of aryl methyl sites for hydroxylation is 2.